The van der Waals surface area contributed by atoms with Crippen molar-refractivity contribution >= 4 is 27.5 Å². The van der Waals surface area contributed by atoms with Crippen LogP contribution in [0.4, 0.5) is 10.1 Å². The number of anilines is 1. The number of benzene rings is 4. The summed E-state index contributed by atoms with van der Waals surface area (Å²) in [5.41, 5.74) is 3.50. The lowest BCUT2D eigenvalue weighted by Gasteiger charge is -2.34. The lowest BCUT2D eigenvalue weighted by atomic mass is 10.0. The van der Waals surface area contributed by atoms with E-state index in [9.17, 15) is 22.4 Å². The van der Waals surface area contributed by atoms with Gasteiger partial charge in [0.15, 0.2) is 0 Å². The summed E-state index contributed by atoms with van der Waals surface area (Å²) in [5, 5.41) is 2.92. The molecule has 0 saturated carbocycles. The van der Waals surface area contributed by atoms with E-state index in [0.29, 0.717) is 30.6 Å². The van der Waals surface area contributed by atoms with Gasteiger partial charge in [-0.15, -0.1) is 0 Å². The zero-order valence-corrected chi connectivity index (χ0v) is 26.8. The number of nitrogens with zero attached hydrogens (tertiary/aromatic N) is 2. The van der Waals surface area contributed by atoms with Crippen LogP contribution in [0.15, 0.2) is 108 Å². The van der Waals surface area contributed by atoms with Gasteiger partial charge in [-0.2, -0.15) is 0 Å². The number of para-hydroxylation sites is 1. The van der Waals surface area contributed by atoms with Crippen LogP contribution in [-0.4, -0.2) is 44.3 Å². The fourth-order valence-electron chi connectivity index (χ4n) is 5.11. The summed E-state index contributed by atoms with van der Waals surface area (Å²) < 4.78 is 43.4. The van der Waals surface area contributed by atoms with Crippen molar-refractivity contribution in [2.75, 3.05) is 17.4 Å². The first-order valence-electron chi connectivity index (χ1n) is 15.2. The Bertz CT molecular complexity index is 1680. The minimum Gasteiger partial charge on any atom is -0.354 e. The summed E-state index contributed by atoms with van der Waals surface area (Å²) in [4.78, 5) is 29.7. The van der Waals surface area contributed by atoms with Gasteiger partial charge in [0.05, 0.1) is 10.6 Å². The molecule has 4 aromatic rings. The van der Waals surface area contributed by atoms with Crippen molar-refractivity contribution in [2.45, 2.75) is 57.5 Å². The van der Waals surface area contributed by atoms with E-state index in [1.165, 1.54) is 29.2 Å². The molecule has 0 aliphatic heterocycles. The van der Waals surface area contributed by atoms with Crippen molar-refractivity contribution < 1.29 is 22.4 Å². The quantitative estimate of drug-likeness (QED) is 0.184. The second-order valence-electron chi connectivity index (χ2n) is 11.0. The molecule has 0 radical (unpaired) electrons. The molecule has 0 saturated heterocycles. The smallest absolute Gasteiger partial charge is 0.264 e. The average Bonchev–Trinajstić information content (AvgIpc) is 3.05. The monoisotopic (exact) mass is 629 g/mol. The summed E-state index contributed by atoms with van der Waals surface area (Å²) in [6.07, 6.45) is 1.45. The Morgan fingerprint density at radius 3 is 2.11 bits per heavy atom. The molecule has 0 bridgehead atoms. The van der Waals surface area contributed by atoms with E-state index in [1.54, 1.807) is 36.4 Å². The summed E-state index contributed by atoms with van der Waals surface area (Å²) in [7, 11) is -4.19. The molecule has 45 heavy (non-hydrogen) atoms. The summed E-state index contributed by atoms with van der Waals surface area (Å²) >= 11 is 0. The highest BCUT2D eigenvalue weighted by Gasteiger charge is 2.35. The first-order chi connectivity index (χ1) is 21.6. The molecule has 0 aliphatic rings. The SMILES string of the molecule is CCCNC(=O)C(Cc1ccccc1)N(Cc1ccc(F)cc1)C(=O)CN(c1ccccc1CC)S(=O)(=O)c1ccc(C)cc1. The topological polar surface area (TPSA) is 86.8 Å². The van der Waals surface area contributed by atoms with Gasteiger partial charge in [0.25, 0.3) is 10.0 Å². The number of nitrogens with one attached hydrogen (secondary N) is 1. The van der Waals surface area contributed by atoms with Crippen molar-refractivity contribution in [3.05, 3.63) is 131 Å². The number of hydrogen-bond acceptors (Lipinski definition) is 4. The molecule has 0 aliphatic carbocycles. The van der Waals surface area contributed by atoms with Crippen LogP contribution in [-0.2, 0) is 39.0 Å². The summed E-state index contributed by atoms with van der Waals surface area (Å²) in [5.74, 6) is -1.34. The number of sulfonamides is 1. The molecule has 0 aromatic heterocycles. The molecule has 0 spiro atoms. The van der Waals surface area contributed by atoms with E-state index < -0.39 is 34.3 Å². The summed E-state index contributed by atoms with van der Waals surface area (Å²) in [6.45, 7) is 5.58. The van der Waals surface area contributed by atoms with Crippen LogP contribution in [0.25, 0.3) is 0 Å². The number of aryl methyl sites for hydroxylation is 2. The van der Waals surface area contributed by atoms with E-state index in [0.717, 1.165) is 21.0 Å². The van der Waals surface area contributed by atoms with Gasteiger partial charge in [0.1, 0.15) is 18.4 Å². The Kier molecular flexibility index (Phi) is 11.5. The van der Waals surface area contributed by atoms with E-state index in [1.807, 2.05) is 63.2 Å². The number of amides is 2. The highest BCUT2D eigenvalue weighted by atomic mass is 32.2. The van der Waals surface area contributed by atoms with E-state index >= 15 is 0 Å². The molecule has 1 atom stereocenters. The minimum absolute atomic E-state index is 0.0238. The Labute approximate surface area is 265 Å². The molecule has 0 heterocycles. The van der Waals surface area contributed by atoms with Crippen molar-refractivity contribution in [2.24, 2.45) is 0 Å². The third-order valence-corrected chi connectivity index (χ3v) is 9.39. The molecule has 0 fully saturated rings. The highest BCUT2D eigenvalue weighted by molar-refractivity contribution is 7.92. The molecule has 7 nitrogen and oxygen atoms in total. The maximum absolute atomic E-state index is 14.5. The van der Waals surface area contributed by atoms with E-state index in [4.69, 9.17) is 0 Å². The third kappa shape index (κ3) is 8.57. The van der Waals surface area contributed by atoms with Gasteiger partial charge in [0, 0.05) is 19.5 Å². The highest BCUT2D eigenvalue weighted by Crippen LogP contribution is 2.28. The van der Waals surface area contributed by atoms with Gasteiger partial charge < -0.3 is 10.2 Å². The molecule has 9 heteroatoms. The maximum atomic E-state index is 14.5. The number of carbonyl (C=O) groups is 2. The maximum Gasteiger partial charge on any atom is 0.264 e. The zero-order valence-electron chi connectivity index (χ0n) is 25.9. The van der Waals surface area contributed by atoms with Crippen molar-refractivity contribution in [3.8, 4) is 0 Å². The number of carbonyl (C=O) groups excluding carboxylic acids is 2. The van der Waals surface area contributed by atoms with Crippen LogP contribution in [0, 0.1) is 12.7 Å². The van der Waals surface area contributed by atoms with Crippen LogP contribution in [0.5, 0.6) is 0 Å². The second-order valence-corrected chi connectivity index (χ2v) is 12.8. The molecular weight excluding hydrogens is 589 g/mol. The Balaban J connectivity index is 1.82. The Morgan fingerprint density at radius 2 is 1.47 bits per heavy atom. The zero-order chi connectivity index (χ0) is 32.4. The van der Waals surface area contributed by atoms with Gasteiger partial charge in [-0.1, -0.05) is 92.2 Å². The van der Waals surface area contributed by atoms with Crippen LogP contribution in [0.2, 0.25) is 0 Å². The number of hydrogen-bond donors (Lipinski definition) is 1. The molecule has 236 valence electrons. The predicted octanol–water partition coefficient (Wildman–Crippen LogP) is 6.06. The van der Waals surface area contributed by atoms with Crippen molar-refractivity contribution in [3.63, 3.8) is 0 Å². The minimum atomic E-state index is -4.19. The Morgan fingerprint density at radius 1 is 0.822 bits per heavy atom. The van der Waals surface area contributed by atoms with Crippen LogP contribution in [0.1, 0.15) is 42.5 Å². The lowest BCUT2D eigenvalue weighted by Crippen LogP contribution is -2.53. The first kappa shape index (κ1) is 33.4. The lowest BCUT2D eigenvalue weighted by molar-refractivity contribution is -0.140. The van der Waals surface area contributed by atoms with Gasteiger partial charge in [-0.05, 0) is 66.8 Å². The van der Waals surface area contributed by atoms with Crippen LogP contribution >= 0.6 is 0 Å². The van der Waals surface area contributed by atoms with E-state index in [2.05, 4.69) is 5.32 Å². The standard InChI is InChI=1S/C36H40FN3O4S/c1-4-23-38-36(42)34(24-28-11-7-6-8-12-28)39(25-29-17-19-31(37)20-18-29)35(41)26-40(33-14-10-9-13-30(33)5-2)45(43,44)32-21-15-27(3)16-22-32/h6-22,34H,4-5,23-26H2,1-3H3,(H,38,42). The normalized spacial score (nSPS) is 11.9. The van der Waals surface area contributed by atoms with E-state index in [-0.39, 0.29) is 23.8 Å². The molecular formula is C36H40FN3O4S. The molecule has 2 amide bonds. The van der Waals surface area contributed by atoms with Crippen LogP contribution < -0.4 is 9.62 Å². The third-order valence-electron chi connectivity index (χ3n) is 7.62. The van der Waals surface area contributed by atoms with Gasteiger partial charge in [0.2, 0.25) is 11.8 Å². The predicted molar refractivity (Wildman–Crippen MR) is 176 cm³/mol. The number of halogens is 1. The fraction of sp³-hybridized carbons (Fsp3) is 0.278. The summed E-state index contributed by atoms with van der Waals surface area (Å²) in [6, 6.07) is 27.7. The largest absolute Gasteiger partial charge is 0.354 e. The van der Waals surface area contributed by atoms with Gasteiger partial charge in [-0.25, -0.2) is 12.8 Å². The first-order valence-corrected chi connectivity index (χ1v) is 16.6. The second kappa shape index (κ2) is 15.5. The number of rotatable bonds is 14. The molecule has 4 aromatic carbocycles. The van der Waals surface area contributed by atoms with Crippen molar-refractivity contribution in [1.29, 1.82) is 0 Å². The average molecular weight is 630 g/mol. The molecule has 1 N–H and O–H groups in total. The molecule has 1 unspecified atom stereocenters. The Hall–Kier alpha value is -4.50. The fourth-order valence-corrected chi connectivity index (χ4v) is 6.56. The van der Waals surface area contributed by atoms with Crippen LogP contribution in [0.3, 0.4) is 0 Å². The van der Waals surface area contributed by atoms with Gasteiger partial charge >= 0.3 is 0 Å². The van der Waals surface area contributed by atoms with Crippen molar-refractivity contribution in [1.82, 2.24) is 10.2 Å². The van der Waals surface area contributed by atoms with Gasteiger partial charge in [-0.3, -0.25) is 13.9 Å². The molecule has 4 rings (SSSR count).